The van der Waals surface area contributed by atoms with Crippen LogP contribution in [-0.4, -0.2) is 35.1 Å². The fourth-order valence-corrected chi connectivity index (χ4v) is 3.59. The van der Waals surface area contributed by atoms with E-state index in [2.05, 4.69) is 11.8 Å². The summed E-state index contributed by atoms with van der Waals surface area (Å²) in [5.74, 6) is 0.885. The van der Waals surface area contributed by atoms with Gasteiger partial charge >= 0.3 is 5.97 Å². The lowest BCUT2D eigenvalue weighted by Gasteiger charge is -2.34. The number of nitrogens with zero attached hydrogens (tertiary/aromatic N) is 1. The van der Waals surface area contributed by atoms with E-state index < -0.39 is 5.97 Å². The molecule has 3 heteroatoms. The van der Waals surface area contributed by atoms with Gasteiger partial charge in [0.15, 0.2) is 0 Å². The predicted molar refractivity (Wildman–Crippen MR) is 63.3 cm³/mol. The molecular formula is C13H23NO2. The molecule has 0 amide bonds. The second-order valence-electron chi connectivity index (χ2n) is 5.57. The van der Waals surface area contributed by atoms with Crippen molar-refractivity contribution >= 4 is 5.97 Å². The van der Waals surface area contributed by atoms with Crippen molar-refractivity contribution in [2.75, 3.05) is 13.1 Å². The molecule has 2 bridgehead atoms. The largest absolute Gasteiger partial charge is 0.481 e. The van der Waals surface area contributed by atoms with Gasteiger partial charge in [-0.15, -0.1) is 0 Å². The monoisotopic (exact) mass is 225 g/mol. The SMILES string of the molecule is CCN(CC(C)C(=O)O)C1CC2CCC1C2. The van der Waals surface area contributed by atoms with Gasteiger partial charge in [-0.05, 0) is 37.6 Å². The maximum Gasteiger partial charge on any atom is 0.307 e. The lowest BCUT2D eigenvalue weighted by molar-refractivity contribution is -0.142. The molecule has 0 aromatic heterocycles. The first-order chi connectivity index (χ1) is 7.61. The van der Waals surface area contributed by atoms with E-state index in [0.29, 0.717) is 6.04 Å². The standard InChI is InChI=1S/C13H23NO2/c1-3-14(8-9(2)13(15)16)12-7-10-4-5-11(12)6-10/h9-12H,3-8H2,1-2H3,(H,15,16). The highest BCUT2D eigenvalue weighted by Crippen LogP contribution is 2.46. The Morgan fingerprint density at radius 2 is 2.19 bits per heavy atom. The van der Waals surface area contributed by atoms with Crippen LogP contribution in [0.2, 0.25) is 0 Å². The van der Waals surface area contributed by atoms with Crippen LogP contribution in [0.15, 0.2) is 0 Å². The minimum absolute atomic E-state index is 0.237. The molecule has 2 rings (SSSR count). The minimum atomic E-state index is -0.665. The zero-order valence-corrected chi connectivity index (χ0v) is 10.4. The average Bonchev–Trinajstić information content (AvgIpc) is 2.86. The highest BCUT2D eigenvalue weighted by Gasteiger charge is 2.42. The van der Waals surface area contributed by atoms with E-state index in [-0.39, 0.29) is 5.92 Å². The van der Waals surface area contributed by atoms with Crippen LogP contribution in [0.1, 0.15) is 39.5 Å². The van der Waals surface area contributed by atoms with Gasteiger partial charge in [0.25, 0.3) is 0 Å². The Bertz CT molecular complexity index is 267. The van der Waals surface area contributed by atoms with Crippen LogP contribution in [0.4, 0.5) is 0 Å². The topological polar surface area (TPSA) is 40.5 Å². The van der Waals surface area contributed by atoms with E-state index in [0.717, 1.165) is 24.9 Å². The molecule has 0 aromatic carbocycles. The van der Waals surface area contributed by atoms with Gasteiger partial charge in [0.1, 0.15) is 0 Å². The lowest BCUT2D eigenvalue weighted by atomic mass is 9.93. The number of aliphatic carboxylic acids is 1. The van der Waals surface area contributed by atoms with Crippen molar-refractivity contribution in [1.29, 1.82) is 0 Å². The summed E-state index contributed by atoms with van der Waals surface area (Å²) in [7, 11) is 0. The third kappa shape index (κ3) is 2.24. The number of hydrogen-bond donors (Lipinski definition) is 1. The lowest BCUT2D eigenvalue weighted by Crippen LogP contribution is -2.42. The van der Waals surface area contributed by atoms with Crippen molar-refractivity contribution in [1.82, 2.24) is 4.90 Å². The Balaban J connectivity index is 1.92. The summed E-state index contributed by atoms with van der Waals surface area (Å²) in [4.78, 5) is 13.3. The van der Waals surface area contributed by atoms with E-state index in [1.165, 1.54) is 25.7 Å². The number of carboxylic acid groups (broad SMARTS) is 1. The first-order valence-electron chi connectivity index (χ1n) is 6.58. The number of hydrogen-bond acceptors (Lipinski definition) is 2. The van der Waals surface area contributed by atoms with Gasteiger partial charge in [-0.1, -0.05) is 20.3 Å². The van der Waals surface area contributed by atoms with Gasteiger partial charge in [0.2, 0.25) is 0 Å². The molecule has 1 N–H and O–H groups in total. The molecule has 0 spiro atoms. The van der Waals surface area contributed by atoms with Crippen molar-refractivity contribution in [3.63, 3.8) is 0 Å². The van der Waals surface area contributed by atoms with Crippen molar-refractivity contribution in [2.45, 2.75) is 45.6 Å². The molecule has 92 valence electrons. The number of carbonyl (C=O) groups is 1. The van der Waals surface area contributed by atoms with Crippen LogP contribution >= 0.6 is 0 Å². The summed E-state index contributed by atoms with van der Waals surface area (Å²) in [6.45, 7) is 5.68. The molecule has 2 aliphatic carbocycles. The molecule has 4 atom stereocenters. The molecule has 2 fully saturated rings. The van der Waals surface area contributed by atoms with Crippen molar-refractivity contribution in [3.05, 3.63) is 0 Å². The van der Waals surface area contributed by atoms with Crippen LogP contribution in [-0.2, 0) is 4.79 Å². The zero-order chi connectivity index (χ0) is 11.7. The summed E-state index contributed by atoms with van der Waals surface area (Å²) in [6.07, 6.45) is 5.48. The van der Waals surface area contributed by atoms with Gasteiger partial charge < -0.3 is 5.11 Å². The first kappa shape index (κ1) is 11.9. The second kappa shape index (κ2) is 4.74. The molecule has 0 radical (unpaired) electrons. The summed E-state index contributed by atoms with van der Waals surface area (Å²) in [5, 5.41) is 8.97. The number of rotatable bonds is 5. The number of fused-ring (bicyclic) bond motifs is 2. The maximum atomic E-state index is 10.9. The Hall–Kier alpha value is -0.570. The van der Waals surface area contributed by atoms with E-state index >= 15 is 0 Å². The van der Waals surface area contributed by atoms with E-state index in [1.54, 1.807) is 0 Å². The van der Waals surface area contributed by atoms with Gasteiger partial charge in [0.05, 0.1) is 5.92 Å². The van der Waals surface area contributed by atoms with Crippen LogP contribution in [0.25, 0.3) is 0 Å². The summed E-state index contributed by atoms with van der Waals surface area (Å²) < 4.78 is 0. The Kier molecular flexibility index (Phi) is 3.53. The molecule has 16 heavy (non-hydrogen) atoms. The molecule has 4 unspecified atom stereocenters. The second-order valence-corrected chi connectivity index (χ2v) is 5.57. The quantitative estimate of drug-likeness (QED) is 0.780. The maximum absolute atomic E-state index is 10.9. The van der Waals surface area contributed by atoms with E-state index in [4.69, 9.17) is 5.11 Å². The summed E-state index contributed by atoms with van der Waals surface area (Å²) in [6, 6.07) is 0.672. The molecule has 0 aliphatic heterocycles. The zero-order valence-electron chi connectivity index (χ0n) is 10.4. The fourth-order valence-electron chi connectivity index (χ4n) is 3.59. The Morgan fingerprint density at radius 3 is 2.62 bits per heavy atom. The Labute approximate surface area is 97.8 Å². The van der Waals surface area contributed by atoms with Crippen molar-refractivity contribution < 1.29 is 9.90 Å². The van der Waals surface area contributed by atoms with Crippen LogP contribution in [0, 0.1) is 17.8 Å². The summed E-state index contributed by atoms with van der Waals surface area (Å²) >= 11 is 0. The van der Waals surface area contributed by atoms with Gasteiger partial charge in [0, 0.05) is 12.6 Å². The average molecular weight is 225 g/mol. The van der Waals surface area contributed by atoms with Crippen molar-refractivity contribution in [3.8, 4) is 0 Å². The van der Waals surface area contributed by atoms with E-state index in [1.807, 2.05) is 6.92 Å². The molecule has 3 nitrogen and oxygen atoms in total. The smallest absolute Gasteiger partial charge is 0.307 e. The van der Waals surface area contributed by atoms with Gasteiger partial charge in [-0.3, -0.25) is 9.69 Å². The molecule has 2 saturated carbocycles. The fraction of sp³-hybridized carbons (Fsp3) is 0.923. The van der Waals surface area contributed by atoms with Crippen LogP contribution in [0.5, 0.6) is 0 Å². The van der Waals surface area contributed by atoms with Gasteiger partial charge in [-0.2, -0.15) is 0 Å². The molecule has 0 saturated heterocycles. The minimum Gasteiger partial charge on any atom is -0.481 e. The highest BCUT2D eigenvalue weighted by atomic mass is 16.4. The molecule has 0 heterocycles. The van der Waals surface area contributed by atoms with Crippen LogP contribution in [0.3, 0.4) is 0 Å². The third-order valence-corrected chi connectivity index (χ3v) is 4.51. The summed E-state index contributed by atoms with van der Waals surface area (Å²) in [5.41, 5.74) is 0. The normalized spacial score (nSPS) is 34.6. The van der Waals surface area contributed by atoms with Gasteiger partial charge in [-0.25, -0.2) is 0 Å². The third-order valence-electron chi connectivity index (χ3n) is 4.51. The van der Waals surface area contributed by atoms with Crippen LogP contribution < -0.4 is 0 Å². The Morgan fingerprint density at radius 1 is 1.44 bits per heavy atom. The van der Waals surface area contributed by atoms with Crippen molar-refractivity contribution in [2.24, 2.45) is 17.8 Å². The van der Waals surface area contributed by atoms with E-state index in [9.17, 15) is 4.79 Å². The predicted octanol–water partition coefficient (Wildman–Crippen LogP) is 2.22. The molecule has 0 aromatic rings. The number of carboxylic acids is 1. The first-order valence-corrected chi connectivity index (χ1v) is 6.58. The molecular weight excluding hydrogens is 202 g/mol. The molecule has 2 aliphatic rings. The highest BCUT2D eigenvalue weighted by molar-refractivity contribution is 5.69.